The predicted octanol–water partition coefficient (Wildman–Crippen LogP) is 3.36. The van der Waals surface area contributed by atoms with Gasteiger partial charge in [0.05, 0.1) is 10.0 Å². The molecule has 1 aromatic heterocycles. The van der Waals surface area contributed by atoms with Crippen molar-refractivity contribution in [3.8, 4) is 0 Å². The third-order valence-electron chi connectivity index (χ3n) is 6.07. The van der Waals surface area contributed by atoms with E-state index in [-0.39, 0.29) is 0 Å². The zero-order valence-electron chi connectivity index (χ0n) is 17.1. The highest BCUT2D eigenvalue weighted by Crippen LogP contribution is 2.34. The summed E-state index contributed by atoms with van der Waals surface area (Å²) in [7, 11) is 0. The van der Waals surface area contributed by atoms with Crippen molar-refractivity contribution in [2.24, 2.45) is 0 Å². The van der Waals surface area contributed by atoms with Crippen LogP contribution in [0.4, 0.5) is 17.5 Å². The van der Waals surface area contributed by atoms with Crippen LogP contribution in [0.1, 0.15) is 18.5 Å². The molecule has 2 fully saturated rings. The molecule has 0 aliphatic carbocycles. The Bertz CT molecular complexity index is 952. The van der Waals surface area contributed by atoms with Gasteiger partial charge in [-0.05, 0) is 42.2 Å². The van der Waals surface area contributed by atoms with Crippen LogP contribution in [0.5, 0.6) is 0 Å². The molecule has 10 heteroatoms. The smallest absolute Gasteiger partial charge is 0.228 e. The Morgan fingerprint density at radius 3 is 2.52 bits per heavy atom. The van der Waals surface area contributed by atoms with Crippen LogP contribution in [0.25, 0.3) is 0 Å². The van der Waals surface area contributed by atoms with E-state index in [2.05, 4.69) is 15.1 Å². The molecule has 166 valence electrons. The van der Waals surface area contributed by atoms with Crippen LogP contribution in [0.3, 0.4) is 0 Å². The van der Waals surface area contributed by atoms with Crippen LogP contribution in [-0.2, 0) is 22.3 Å². The van der Waals surface area contributed by atoms with Gasteiger partial charge in [-0.1, -0.05) is 23.2 Å². The molecule has 7 nitrogen and oxygen atoms in total. The van der Waals surface area contributed by atoms with Crippen LogP contribution < -0.4 is 15.1 Å². The van der Waals surface area contributed by atoms with Crippen molar-refractivity contribution < 1.29 is 9.29 Å². The minimum Gasteiger partial charge on any atom is -0.611 e. The van der Waals surface area contributed by atoms with Gasteiger partial charge in [-0.25, -0.2) is 4.98 Å². The third-order valence-corrected chi connectivity index (χ3v) is 8.27. The van der Waals surface area contributed by atoms with Crippen LogP contribution in [0, 0.1) is 0 Å². The van der Waals surface area contributed by atoms with Gasteiger partial charge >= 0.3 is 0 Å². The minimum atomic E-state index is -1.03. The molecule has 1 atom stereocenters. The summed E-state index contributed by atoms with van der Waals surface area (Å²) < 4.78 is 18.1. The molecule has 1 unspecified atom stereocenters. The maximum Gasteiger partial charge on any atom is 0.228 e. The first-order chi connectivity index (χ1) is 15.1. The Kier molecular flexibility index (Phi) is 6.35. The van der Waals surface area contributed by atoms with Crippen molar-refractivity contribution in [2.75, 3.05) is 60.3 Å². The van der Waals surface area contributed by atoms with Crippen molar-refractivity contribution >= 4 is 51.8 Å². The molecule has 4 heterocycles. The highest BCUT2D eigenvalue weighted by molar-refractivity contribution is 7.91. The lowest BCUT2D eigenvalue weighted by Gasteiger charge is -2.36. The Morgan fingerprint density at radius 1 is 1.03 bits per heavy atom. The number of benzene rings is 1. The third kappa shape index (κ3) is 4.54. The number of aryl methyl sites for hydroxylation is 1. The molecular weight excluding hydrogens is 457 g/mol. The van der Waals surface area contributed by atoms with Gasteiger partial charge in [0.2, 0.25) is 10.8 Å². The number of nitrogens with zero attached hydrogens (tertiary/aromatic N) is 4. The van der Waals surface area contributed by atoms with Crippen LogP contribution in [-0.4, -0.2) is 65.7 Å². The second-order valence-electron chi connectivity index (χ2n) is 8.05. The largest absolute Gasteiger partial charge is 0.611 e. The second kappa shape index (κ2) is 9.19. The molecule has 0 bridgehead atoms. The molecule has 3 aliphatic rings. The topological polar surface area (TPSA) is 76.6 Å². The number of aromatic nitrogens is 2. The second-order valence-corrected chi connectivity index (χ2v) is 10.4. The fourth-order valence-electron chi connectivity index (χ4n) is 4.30. The van der Waals surface area contributed by atoms with Gasteiger partial charge in [-0.2, -0.15) is 4.98 Å². The zero-order valence-corrected chi connectivity index (χ0v) is 19.5. The summed E-state index contributed by atoms with van der Waals surface area (Å²) in [5.74, 6) is 2.09. The van der Waals surface area contributed by atoms with Gasteiger partial charge in [-0.15, -0.1) is 0 Å². The molecule has 5 rings (SSSR count). The van der Waals surface area contributed by atoms with Gasteiger partial charge < -0.3 is 24.4 Å². The summed E-state index contributed by atoms with van der Waals surface area (Å²) in [5, 5.41) is 4.69. The summed E-state index contributed by atoms with van der Waals surface area (Å²) in [6, 6.07) is 6.05. The van der Waals surface area contributed by atoms with E-state index in [1.807, 2.05) is 18.2 Å². The number of halogens is 2. The van der Waals surface area contributed by atoms with Gasteiger partial charge in [0, 0.05) is 57.5 Å². The number of hydrogen-bond donors (Lipinski definition) is 1. The lowest BCUT2D eigenvalue weighted by atomic mass is 10.1. The average molecular weight is 482 g/mol. The fraction of sp³-hybridized carbons (Fsp3) is 0.524. The maximum atomic E-state index is 12.6. The Hall–Kier alpha value is -1.45. The van der Waals surface area contributed by atoms with E-state index in [1.54, 1.807) is 0 Å². The molecule has 2 aromatic rings. The Labute approximate surface area is 195 Å². The van der Waals surface area contributed by atoms with Crippen molar-refractivity contribution in [1.29, 1.82) is 0 Å². The summed E-state index contributed by atoms with van der Waals surface area (Å²) in [6.07, 6.45) is 2.61. The number of fused-ring (bicyclic) bond motifs is 1. The number of anilines is 3. The first kappa shape index (κ1) is 21.4. The van der Waals surface area contributed by atoms with Gasteiger partial charge in [0.15, 0.2) is 5.82 Å². The number of nitrogens with one attached hydrogen (secondary N) is 1. The van der Waals surface area contributed by atoms with Crippen LogP contribution >= 0.6 is 23.2 Å². The van der Waals surface area contributed by atoms with E-state index in [1.165, 1.54) is 0 Å². The standard InChI is InChI=1S/C21H25Cl2N5O2S/c22-16-2-1-15(13-17(16)23)27-6-8-28(9-7-27)21-25-18-5-12-31(29)19(18)20(26-21)24-14-3-10-30-11-4-14/h1-2,13-14H,3-12H2,(H,24,25,26). The lowest BCUT2D eigenvalue weighted by Crippen LogP contribution is -2.47. The molecule has 1 N–H and O–H groups in total. The van der Waals surface area contributed by atoms with E-state index in [4.69, 9.17) is 37.9 Å². The molecule has 0 amide bonds. The van der Waals surface area contributed by atoms with E-state index in [0.717, 1.165) is 86.7 Å². The number of hydrogen-bond acceptors (Lipinski definition) is 7. The van der Waals surface area contributed by atoms with E-state index in [9.17, 15) is 4.55 Å². The van der Waals surface area contributed by atoms with Crippen LogP contribution in [0.2, 0.25) is 10.0 Å². The van der Waals surface area contributed by atoms with Crippen molar-refractivity contribution in [1.82, 2.24) is 9.97 Å². The molecule has 2 saturated heterocycles. The first-order valence-electron chi connectivity index (χ1n) is 10.7. The number of rotatable bonds is 4. The SMILES string of the molecule is [O-][S+]1CCc2nc(N3CCN(c4ccc(Cl)c(Cl)c4)CC3)nc(NC3CCOCC3)c21. The maximum absolute atomic E-state index is 12.6. The number of piperazine rings is 1. The van der Waals surface area contributed by atoms with Crippen molar-refractivity contribution in [3.05, 3.63) is 33.9 Å². The van der Waals surface area contributed by atoms with Gasteiger partial charge in [0.25, 0.3) is 0 Å². The normalized spacial score (nSPS) is 22.0. The fourth-order valence-corrected chi connectivity index (χ4v) is 5.91. The first-order valence-corrected chi connectivity index (χ1v) is 12.7. The van der Waals surface area contributed by atoms with Crippen molar-refractivity contribution in [3.63, 3.8) is 0 Å². The van der Waals surface area contributed by atoms with Gasteiger partial charge in [0.1, 0.15) is 11.4 Å². The Balaban J connectivity index is 1.33. The van der Waals surface area contributed by atoms with E-state index < -0.39 is 11.2 Å². The molecule has 0 radical (unpaired) electrons. The summed E-state index contributed by atoms with van der Waals surface area (Å²) >= 11 is 11.2. The quantitative estimate of drug-likeness (QED) is 0.670. The number of ether oxygens (including phenoxy) is 1. The molecule has 0 saturated carbocycles. The average Bonchev–Trinajstić information content (AvgIpc) is 3.17. The monoisotopic (exact) mass is 481 g/mol. The molecule has 31 heavy (non-hydrogen) atoms. The van der Waals surface area contributed by atoms with E-state index >= 15 is 0 Å². The van der Waals surface area contributed by atoms with E-state index in [0.29, 0.717) is 21.8 Å². The van der Waals surface area contributed by atoms with Crippen LogP contribution in [0.15, 0.2) is 23.1 Å². The van der Waals surface area contributed by atoms with Crippen molar-refractivity contribution in [2.45, 2.75) is 30.2 Å². The summed E-state index contributed by atoms with van der Waals surface area (Å²) in [6.45, 7) is 4.78. The predicted molar refractivity (Wildman–Crippen MR) is 125 cm³/mol. The van der Waals surface area contributed by atoms with Gasteiger partial charge in [-0.3, -0.25) is 0 Å². The molecule has 0 spiro atoms. The molecular formula is C21H25Cl2N5O2S. The Morgan fingerprint density at radius 2 is 1.77 bits per heavy atom. The minimum absolute atomic E-state index is 0.296. The molecule has 1 aromatic carbocycles. The highest BCUT2D eigenvalue weighted by atomic mass is 35.5. The summed E-state index contributed by atoms with van der Waals surface area (Å²) in [5.41, 5.74) is 1.99. The summed E-state index contributed by atoms with van der Waals surface area (Å²) in [4.78, 5) is 15.0. The molecule has 3 aliphatic heterocycles. The zero-order chi connectivity index (χ0) is 21.4. The lowest BCUT2D eigenvalue weighted by molar-refractivity contribution is 0.0903. The highest BCUT2D eigenvalue weighted by Gasteiger charge is 2.34.